The van der Waals surface area contributed by atoms with E-state index in [1.54, 1.807) is 0 Å². The Balaban J connectivity index is 2.11. The Morgan fingerprint density at radius 2 is 2.00 bits per heavy atom. The summed E-state index contributed by atoms with van der Waals surface area (Å²) in [7, 11) is 1.81. The first-order chi connectivity index (χ1) is 10.6. The SMILES string of the molecule is CNCCC(=O)Nc1cccc(C(=O)N2CCSCC2)c1C. The lowest BCUT2D eigenvalue weighted by molar-refractivity contribution is -0.116. The molecule has 0 spiro atoms. The molecule has 0 atom stereocenters. The lowest BCUT2D eigenvalue weighted by atomic mass is 10.0. The van der Waals surface area contributed by atoms with Crippen molar-refractivity contribution in [2.24, 2.45) is 0 Å². The van der Waals surface area contributed by atoms with Crippen LogP contribution in [0.1, 0.15) is 22.3 Å². The summed E-state index contributed by atoms with van der Waals surface area (Å²) in [6.07, 6.45) is 0.414. The summed E-state index contributed by atoms with van der Waals surface area (Å²) >= 11 is 1.88. The van der Waals surface area contributed by atoms with Gasteiger partial charge in [0.05, 0.1) is 0 Å². The molecule has 2 rings (SSSR count). The van der Waals surface area contributed by atoms with E-state index in [9.17, 15) is 9.59 Å². The van der Waals surface area contributed by atoms with E-state index in [1.165, 1.54) is 0 Å². The van der Waals surface area contributed by atoms with Crippen molar-refractivity contribution in [1.82, 2.24) is 10.2 Å². The summed E-state index contributed by atoms with van der Waals surface area (Å²) in [6, 6.07) is 5.50. The van der Waals surface area contributed by atoms with Crippen molar-refractivity contribution in [3.8, 4) is 0 Å². The quantitative estimate of drug-likeness (QED) is 0.867. The summed E-state index contributed by atoms with van der Waals surface area (Å²) in [5.74, 6) is 2.00. The minimum atomic E-state index is -0.0450. The van der Waals surface area contributed by atoms with E-state index in [0.29, 0.717) is 18.5 Å². The number of anilines is 1. The Kier molecular flexibility index (Phi) is 6.27. The van der Waals surface area contributed by atoms with Gasteiger partial charge >= 0.3 is 0 Å². The third-order valence-corrected chi connectivity index (χ3v) is 4.68. The van der Waals surface area contributed by atoms with Crippen LogP contribution in [-0.4, -0.2) is 54.9 Å². The molecule has 120 valence electrons. The fourth-order valence-corrected chi connectivity index (χ4v) is 3.29. The van der Waals surface area contributed by atoms with Crippen LogP contribution in [0.15, 0.2) is 18.2 Å². The van der Waals surface area contributed by atoms with Gasteiger partial charge in [-0.25, -0.2) is 0 Å². The van der Waals surface area contributed by atoms with Crippen LogP contribution >= 0.6 is 11.8 Å². The molecule has 6 heteroatoms. The fraction of sp³-hybridized carbons (Fsp3) is 0.500. The molecule has 2 amide bonds. The van der Waals surface area contributed by atoms with Crippen LogP contribution in [-0.2, 0) is 4.79 Å². The highest BCUT2D eigenvalue weighted by molar-refractivity contribution is 7.99. The molecule has 0 unspecified atom stereocenters. The number of carbonyl (C=O) groups excluding carboxylic acids is 2. The van der Waals surface area contributed by atoms with Crippen LogP contribution in [0.25, 0.3) is 0 Å². The zero-order chi connectivity index (χ0) is 15.9. The number of nitrogens with zero attached hydrogens (tertiary/aromatic N) is 1. The molecule has 2 N–H and O–H groups in total. The topological polar surface area (TPSA) is 61.4 Å². The number of amides is 2. The molecular weight excluding hydrogens is 298 g/mol. The number of carbonyl (C=O) groups is 2. The number of benzene rings is 1. The molecule has 1 aliphatic heterocycles. The lowest BCUT2D eigenvalue weighted by Crippen LogP contribution is -2.38. The molecule has 1 aliphatic rings. The molecule has 1 aromatic rings. The number of hydrogen-bond donors (Lipinski definition) is 2. The Hall–Kier alpha value is -1.53. The number of hydrogen-bond acceptors (Lipinski definition) is 4. The first-order valence-electron chi connectivity index (χ1n) is 7.54. The van der Waals surface area contributed by atoms with Gasteiger partial charge in [-0.05, 0) is 31.7 Å². The summed E-state index contributed by atoms with van der Waals surface area (Å²) in [6.45, 7) is 4.11. The molecule has 5 nitrogen and oxygen atoms in total. The first-order valence-corrected chi connectivity index (χ1v) is 8.70. The smallest absolute Gasteiger partial charge is 0.254 e. The highest BCUT2D eigenvalue weighted by Gasteiger charge is 2.21. The van der Waals surface area contributed by atoms with Gasteiger partial charge in [-0.15, -0.1) is 0 Å². The minimum Gasteiger partial charge on any atom is -0.337 e. The van der Waals surface area contributed by atoms with Gasteiger partial charge < -0.3 is 15.5 Å². The van der Waals surface area contributed by atoms with E-state index >= 15 is 0 Å². The Morgan fingerprint density at radius 1 is 1.27 bits per heavy atom. The highest BCUT2D eigenvalue weighted by Crippen LogP contribution is 2.22. The highest BCUT2D eigenvalue weighted by atomic mass is 32.2. The molecule has 0 bridgehead atoms. The number of thioether (sulfide) groups is 1. The minimum absolute atomic E-state index is 0.0450. The summed E-state index contributed by atoms with van der Waals surface area (Å²) in [4.78, 5) is 26.4. The van der Waals surface area contributed by atoms with Gasteiger partial charge in [0.25, 0.3) is 5.91 Å². The predicted molar refractivity (Wildman–Crippen MR) is 91.6 cm³/mol. The third-order valence-electron chi connectivity index (χ3n) is 3.74. The van der Waals surface area contributed by atoms with Crippen LogP contribution in [0.5, 0.6) is 0 Å². The van der Waals surface area contributed by atoms with Gasteiger partial charge in [0.15, 0.2) is 0 Å². The van der Waals surface area contributed by atoms with E-state index in [0.717, 1.165) is 35.8 Å². The van der Waals surface area contributed by atoms with Crippen molar-refractivity contribution in [2.75, 3.05) is 43.5 Å². The maximum atomic E-state index is 12.6. The molecule has 0 aliphatic carbocycles. The molecule has 0 radical (unpaired) electrons. The van der Waals surface area contributed by atoms with Crippen molar-refractivity contribution >= 4 is 29.3 Å². The van der Waals surface area contributed by atoms with Crippen molar-refractivity contribution in [2.45, 2.75) is 13.3 Å². The van der Waals surface area contributed by atoms with Crippen molar-refractivity contribution in [3.05, 3.63) is 29.3 Å². The molecule has 1 saturated heterocycles. The number of nitrogens with one attached hydrogen (secondary N) is 2. The molecular formula is C16H23N3O2S. The third kappa shape index (κ3) is 4.24. The fourth-order valence-electron chi connectivity index (χ4n) is 2.39. The van der Waals surface area contributed by atoms with E-state index in [4.69, 9.17) is 0 Å². The van der Waals surface area contributed by atoms with E-state index < -0.39 is 0 Å². The maximum Gasteiger partial charge on any atom is 0.254 e. The van der Waals surface area contributed by atoms with Crippen LogP contribution in [0.2, 0.25) is 0 Å². The monoisotopic (exact) mass is 321 g/mol. The second-order valence-electron chi connectivity index (χ2n) is 5.28. The number of rotatable bonds is 5. The van der Waals surface area contributed by atoms with Crippen molar-refractivity contribution < 1.29 is 9.59 Å². The summed E-state index contributed by atoms with van der Waals surface area (Å²) in [5, 5.41) is 5.84. The molecule has 22 heavy (non-hydrogen) atoms. The van der Waals surface area contributed by atoms with Crippen LogP contribution in [0, 0.1) is 6.92 Å². The predicted octanol–water partition coefficient (Wildman–Crippen LogP) is 1.73. The van der Waals surface area contributed by atoms with Gasteiger partial charge in [-0.3, -0.25) is 9.59 Å². The van der Waals surface area contributed by atoms with Gasteiger partial charge in [0.2, 0.25) is 5.91 Å². The normalized spacial score (nSPS) is 14.7. The van der Waals surface area contributed by atoms with E-state index in [2.05, 4.69) is 10.6 Å². The Labute approximate surface area is 135 Å². The molecule has 1 heterocycles. The Bertz CT molecular complexity index is 542. The standard InChI is InChI=1S/C16H23N3O2S/c1-12-13(16(21)19-8-10-22-11-9-19)4-3-5-14(12)18-15(20)6-7-17-2/h3-5,17H,6-11H2,1-2H3,(H,18,20). The summed E-state index contributed by atoms with van der Waals surface area (Å²) < 4.78 is 0. The average molecular weight is 321 g/mol. The van der Waals surface area contributed by atoms with Crippen LogP contribution in [0.4, 0.5) is 5.69 Å². The van der Waals surface area contributed by atoms with Crippen LogP contribution in [0.3, 0.4) is 0 Å². The molecule has 0 saturated carbocycles. The zero-order valence-electron chi connectivity index (χ0n) is 13.1. The zero-order valence-corrected chi connectivity index (χ0v) is 14.0. The van der Waals surface area contributed by atoms with Gasteiger partial charge in [0, 0.05) is 48.8 Å². The maximum absolute atomic E-state index is 12.6. The van der Waals surface area contributed by atoms with E-state index in [-0.39, 0.29) is 11.8 Å². The van der Waals surface area contributed by atoms with Crippen LogP contribution < -0.4 is 10.6 Å². The average Bonchev–Trinajstić information content (AvgIpc) is 2.55. The molecule has 0 aromatic heterocycles. The van der Waals surface area contributed by atoms with Crippen molar-refractivity contribution in [3.63, 3.8) is 0 Å². The van der Waals surface area contributed by atoms with Crippen molar-refractivity contribution in [1.29, 1.82) is 0 Å². The Morgan fingerprint density at radius 3 is 2.68 bits per heavy atom. The van der Waals surface area contributed by atoms with Gasteiger partial charge in [-0.1, -0.05) is 6.07 Å². The molecule has 1 fully saturated rings. The first kappa shape index (κ1) is 16.8. The summed E-state index contributed by atoms with van der Waals surface area (Å²) in [5.41, 5.74) is 2.24. The molecule has 1 aromatic carbocycles. The van der Waals surface area contributed by atoms with Gasteiger partial charge in [0.1, 0.15) is 0 Å². The second-order valence-corrected chi connectivity index (χ2v) is 6.51. The van der Waals surface area contributed by atoms with Gasteiger partial charge in [-0.2, -0.15) is 11.8 Å². The second kappa shape index (κ2) is 8.19. The van der Waals surface area contributed by atoms with E-state index in [1.807, 2.05) is 48.8 Å². The largest absolute Gasteiger partial charge is 0.337 e. The lowest BCUT2D eigenvalue weighted by Gasteiger charge is -2.27.